The van der Waals surface area contributed by atoms with Crippen molar-refractivity contribution in [2.75, 3.05) is 0 Å². The van der Waals surface area contributed by atoms with E-state index in [1.165, 1.54) is 0 Å². The van der Waals surface area contributed by atoms with E-state index in [4.69, 9.17) is 0 Å². The number of rotatable bonds is 2. The maximum Gasteiger partial charge on any atom is 0.135 e. The lowest BCUT2D eigenvalue weighted by Gasteiger charge is -2.17. The molecule has 0 saturated carbocycles. The molecule has 0 aromatic carbocycles. The molecule has 3 nitrogen and oxygen atoms in total. The Morgan fingerprint density at radius 2 is 2.06 bits per heavy atom. The minimum absolute atomic E-state index is 0.0403. The number of hydrogen-bond acceptors (Lipinski definition) is 4. The first kappa shape index (κ1) is 12.6. The molecule has 0 atom stereocenters. The van der Waals surface area contributed by atoms with E-state index in [0.29, 0.717) is 0 Å². The van der Waals surface area contributed by atoms with Gasteiger partial charge in [-0.05, 0) is 22.0 Å². The number of nitrogens with zero attached hydrogens (tertiary/aromatic N) is 3. The lowest BCUT2D eigenvalue weighted by molar-refractivity contribution is 0.540. The predicted molar refractivity (Wildman–Crippen MR) is 73.4 cm³/mol. The van der Waals surface area contributed by atoms with Gasteiger partial charge in [0.2, 0.25) is 0 Å². The molecule has 2 aromatic rings. The SMILES string of the molecule is CC(C)(C)c1nc(Br)cc(Cc2nccs2)n1. The number of thiazole rings is 1. The highest BCUT2D eigenvalue weighted by atomic mass is 79.9. The van der Waals surface area contributed by atoms with Gasteiger partial charge in [0, 0.05) is 23.4 Å². The lowest BCUT2D eigenvalue weighted by atomic mass is 9.95. The highest BCUT2D eigenvalue weighted by Gasteiger charge is 2.18. The molecule has 0 aliphatic rings. The van der Waals surface area contributed by atoms with Crippen molar-refractivity contribution >= 4 is 27.3 Å². The summed E-state index contributed by atoms with van der Waals surface area (Å²) in [7, 11) is 0. The van der Waals surface area contributed by atoms with Crippen LogP contribution in [0.1, 0.15) is 37.3 Å². The number of aromatic nitrogens is 3. The fourth-order valence-corrected chi connectivity index (χ4v) is 2.45. The number of hydrogen-bond donors (Lipinski definition) is 0. The van der Waals surface area contributed by atoms with Crippen molar-refractivity contribution in [3.05, 3.63) is 38.8 Å². The summed E-state index contributed by atoms with van der Waals surface area (Å²) >= 11 is 5.09. The van der Waals surface area contributed by atoms with Gasteiger partial charge >= 0.3 is 0 Å². The van der Waals surface area contributed by atoms with E-state index in [1.807, 2.05) is 17.6 Å². The normalized spacial score (nSPS) is 11.8. The standard InChI is InChI=1S/C12H14BrN3S/c1-12(2,3)11-15-8(6-9(13)16-11)7-10-14-4-5-17-10/h4-6H,7H2,1-3H3. The largest absolute Gasteiger partial charge is 0.249 e. The van der Waals surface area contributed by atoms with Crippen molar-refractivity contribution < 1.29 is 0 Å². The molecule has 0 fully saturated rings. The molecule has 2 aromatic heterocycles. The second kappa shape index (κ2) is 4.82. The van der Waals surface area contributed by atoms with Gasteiger partial charge in [-0.25, -0.2) is 15.0 Å². The fraction of sp³-hybridized carbons (Fsp3) is 0.417. The quantitative estimate of drug-likeness (QED) is 0.796. The Labute approximate surface area is 113 Å². The minimum Gasteiger partial charge on any atom is -0.249 e. The molecule has 0 aliphatic heterocycles. The fourth-order valence-electron chi connectivity index (χ4n) is 1.39. The van der Waals surface area contributed by atoms with Gasteiger partial charge in [0.1, 0.15) is 10.4 Å². The summed E-state index contributed by atoms with van der Waals surface area (Å²) in [6.07, 6.45) is 2.59. The second-order valence-electron chi connectivity index (χ2n) is 4.86. The van der Waals surface area contributed by atoms with E-state index in [-0.39, 0.29) is 5.41 Å². The third-order valence-electron chi connectivity index (χ3n) is 2.23. The Bertz CT molecular complexity index is 503. The molecule has 2 heterocycles. The maximum atomic E-state index is 4.61. The van der Waals surface area contributed by atoms with Crippen LogP contribution in [0.2, 0.25) is 0 Å². The van der Waals surface area contributed by atoms with Gasteiger partial charge in [-0.2, -0.15) is 0 Å². The lowest BCUT2D eigenvalue weighted by Crippen LogP contribution is -2.17. The van der Waals surface area contributed by atoms with Crippen LogP contribution < -0.4 is 0 Å². The monoisotopic (exact) mass is 311 g/mol. The van der Waals surface area contributed by atoms with Crippen LogP contribution in [-0.2, 0) is 11.8 Å². The first-order chi connectivity index (χ1) is 7.95. The van der Waals surface area contributed by atoms with Crippen molar-refractivity contribution in [2.45, 2.75) is 32.6 Å². The average molecular weight is 312 g/mol. The van der Waals surface area contributed by atoms with E-state index >= 15 is 0 Å². The third-order valence-corrected chi connectivity index (χ3v) is 3.42. The van der Waals surface area contributed by atoms with E-state index in [0.717, 1.165) is 27.5 Å². The summed E-state index contributed by atoms with van der Waals surface area (Å²) in [6, 6.07) is 1.96. The van der Waals surface area contributed by atoms with Crippen molar-refractivity contribution in [3.8, 4) is 0 Å². The van der Waals surface area contributed by atoms with Gasteiger partial charge in [-0.1, -0.05) is 20.8 Å². The van der Waals surface area contributed by atoms with Gasteiger partial charge < -0.3 is 0 Å². The van der Waals surface area contributed by atoms with E-state index in [9.17, 15) is 0 Å². The Morgan fingerprint density at radius 3 is 2.65 bits per heavy atom. The van der Waals surface area contributed by atoms with Crippen LogP contribution in [-0.4, -0.2) is 15.0 Å². The molecule has 0 unspecified atom stereocenters. The van der Waals surface area contributed by atoms with Crippen molar-refractivity contribution in [1.82, 2.24) is 15.0 Å². The van der Waals surface area contributed by atoms with Gasteiger partial charge in [0.25, 0.3) is 0 Å². The Morgan fingerprint density at radius 1 is 1.29 bits per heavy atom. The summed E-state index contributed by atoms with van der Waals surface area (Å²) in [5.74, 6) is 0.860. The molecular formula is C12H14BrN3S. The summed E-state index contributed by atoms with van der Waals surface area (Å²) in [4.78, 5) is 13.3. The first-order valence-corrected chi connectivity index (χ1v) is 7.05. The molecule has 0 saturated heterocycles. The Kier molecular flexibility index (Phi) is 3.58. The molecule has 90 valence electrons. The summed E-state index contributed by atoms with van der Waals surface area (Å²) in [6.45, 7) is 6.34. The van der Waals surface area contributed by atoms with E-state index in [1.54, 1.807) is 11.3 Å². The summed E-state index contributed by atoms with van der Waals surface area (Å²) < 4.78 is 0.837. The van der Waals surface area contributed by atoms with Gasteiger partial charge in [0.05, 0.1) is 10.7 Å². The summed E-state index contributed by atoms with van der Waals surface area (Å²) in [5.41, 5.74) is 0.966. The minimum atomic E-state index is -0.0403. The molecule has 0 aliphatic carbocycles. The molecule has 0 radical (unpaired) electrons. The van der Waals surface area contributed by atoms with Crippen LogP contribution in [0.15, 0.2) is 22.2 Å². The Balaban J connectivity index is 2.32. The smallest absolute Gasteiger partial charge is 0.135 e. The zero-order valence-corrected chi connectivity index (χ0v) is 12.5. The second-order valence-corrected chi connectivity index (χ2v) is 6.65. The van der Waals surface area contributed by atoms with E-state index in [2.05, 4.69) is 51.7 Å². The highest BCUT2D eigenvalue weighted by molar-refractivity contribution is 9.10. The topological polar surface area (TPSA) is 38.7 Å². The molecular weight excluding hydrogens is 298 g/mol. The summed E-state index contributed by atoms with van der Waals surface area (Å²) in [5, 5.41) is 3.06. The molecule has 2 rings (SSSR count). The highest BCUT2D eigenvalue weighted by Crippen LogP contribution is 2.22. The zero-order chi connectivity index (χ0) is 12.5. The van der Waals surface area contributed by atoms with Crippen LogP contribution in [0.4, 0.5) is 0 Å². The zero-order valence-electron chi connectivity index (χ0n) is 10.1. The molecule has 0 amide bonds. The maximum absolute atomic E-state index is 4.61. The van der Waals surface area contributed by atoms with Gasteiger partial charge in [-0.3, -0.25) is 0 Å². The van der Waals surface area contributed by atoms with Crippen LogP contribution in [0, 0.1) is 0 Å². The van der Waals surface area contributed by atoms with Gasteiger partial charge in [0.15, 0.2) is 0 Å². The molecule has 17 heavy (non-hydrogen) atoms. The van der Waals surface area contributed by atoms with Crippen LogP contribution in [0.5, 0.6) is 0 Å². The molecule has 0 spiro atoms. The van der Waals surface area contributed by atoms with Crippen LogP contribution in [0.3, 0.4) is 0 Å². The van der Waals surface area contributed by atoms with Crippen LogP contribution in [0.25, 0.3) is 0 Å². The van der Waals surface area contributed by atoms with Crippen LogP contribution >= 0.6 is 27.3 Å². The average Bonchev–Trinajstić information content (AvgIpc) is 2.68. The van der Waals surface area contributed by atoms with E-state index < -0.39 is 0 Å². The molecule has 0 N–H and O–H groups in total. The third kappa shape index (κ3) is 3.33. The van der Waals surface area contributed by atoms with Crippen molar-refractivity contribution in [1.29, 1.82) is 0 Å². The van der Waals surface area contributed by atoms with Crippen molar-refractivity contribution in [3.63, 3.8) is 0 Å². The first-order valence-electron chi connectivity index (χ1n) is 5.37. The predicted octanol–water partition coefficient (Wildman–Crippen LogP) is 3.58. The van der Waals surface area contributed by atoms with Crippen molar-refractivity contribution in [2.24, 2.45) is 0 Å². The molecule has 5 heteroatoms. The molecule has 0 bridgehead atoms. The number of halogens is 1. The Hall–Kier alpha value is -0.810. The van der Waals surface area contributed by atoms with Gasteiger partial charge in [-0.15, -0.1) is 11.3 Å².